The molecule has 1 aliphatic heterocycles. The number of rotatable bonds is 6. The van der Waals surface area contributed by atoms with Crippen LogP contribution in [0.1, 0.15) is 27.0 Å². The predicted octanol–water partition coefficient (Wildman–Crippen LogP) is 4.68. The lowest BCUT2D eigenvalue weighted by Crippen LogP contribution is -2.30. The van der Waals surface area contributed by atoms with Crippen LogP contribution in [-0.2, 0) is 11.3 Å². The largest absolute Gasteiger partial charge is 0.503 e. The molecule has 4 aromatic rings. The van der Waals surface area contributed by atoms with Crippen molar-refractivity contribution in [3.05, 3.63) is 93.8 Å². The van der Waals surface area contributed by atoms with Crippen LogP contribution < -0.4 is 4.74 Å². The summed E-state index contributed by atoms with van der Waals surface area (Å²) in [6, 6.07) is 13.5. The number of furan rings is 1. The number of hydrogen-bond donors (Lipinski definition) is 1. The fraction of sp³-hybridized carbons (Fsp3) is 0.125. The maximum absolute atomic E-state index is 13.5. The van der Waals surface area contributed by atoms with Gasteiger partial charge in [-0.05, 0) is 41.3 Å². The van der Waals surface area contributed by atoms with Gasteiger partial charge in [0.1, 0.15) is 6.04 Å². The van der Waals surface area contributed by atoms with Gasteiger partial charge in [-0.3, -0.25) is 14.6 Å². The SMILES string of the molecule is COc1cccc2cc(C(=O)C3=C(O)C(=O)N(Cc4ccncc4)C3c3cccs3)oc12. The number of pyridine rings is 1. The molecule has 0 spiro atoms. The molecule has 1 unspecified atom stereocenters. The number of methoxy groups -OCH3 is 1. The second-order valence-electron chi connectivity index (χ2n) is 7.29. The van der Waals surface area contributed by atoms with Crippen LogP contribution in [0.2, 0.25) is 0 Å². The van der Waals surface area contributed by atoms with Gasteiger partial charge in [0.15, 0.2) is 22.9 Å². The highest BCUT2D eigenvalue weighted by Crippen LogP contribution is 2.42. The van der Waals surface area contributed by atoms with Gasteiger partial charge < -0.3 is 19.2 Å². The van der Waals surface area contributed by atoms with Crippen LogP contribution in [0, 0.1) is 0 Å². The van der Waals surface area contributed by atoms with Gasteiger partial charge in [-0.25, -0.2) is 0 Å². The Balaban J connectivity index is 1.58. The molecule has 1 aliphatic rings. The number of para-hydroxylation sites is 1. The molecule has 8 heteroatoms. The Morgan fingerprint density at radius 3 is 2.75 bits per heavy atom. The zero-order valence-electron chi connectivity index (χ0n) is 17.0. The number of thiophene rings is 1. The lowest BCUT2D eigenvalue weighted by molar-refractivity contribution is -0.130. The third-order valence-electron chi connectivity index (χ3n) is 5.41. The highest BCUT2D eigenvalue weighted by atomic mass is 32.1. The van der Waals surface area contributed by atoms with E-state index in [9.17, 15) is 14.7 Å². The highest BCUT2D eigenvalue weighted by Gasteiger charge is 2.45. The lowest BCUT2D eigenvalue weighted by atomic mass is 10.00. The van der Waals surface area contributed by atoms with Crippen molar-refractivity contribution >= 4 is 34.0 Å². The molecule has 32 heavy (non-hydrogen) atoms. The smallest absolute Gasteiger partial charge is 0.290 e. The third-order valence-corrected chi connectivity index (χ3v) is 6.34. The molecule has 1 N–H and O–H groups in total. The van der Waals surface area contributed by atoms with Crippen LogP contribution in [0.25, 0.3) is 11.0 Å². The standard InChI is InChI=1S/C24H18N2O5S/c1-30-16-5-2-4-15-12-17(31-23(15)16)21(27)19-20(18-6-3-11-32-18)26(24(29)22(19)28)13-14-7-9-25-10-8-14/h2-12,20,28H,13H2,1H3. The summed E-state index contributed by atoms with van der Waals surface area (Å²) < 4.78 is 11.1. The second kappa shape index (κ2) is 7.97. The molecule has 160 valence electrons. The molecule has 0 aliphatic carbocycles. The summed E-state index contributed by atoms with van der Waals surface area (Å²) in [5, 5.41) is 13.3. The Morgan fingerprint density at radius 1 is 1.22 bits per heavy atom. The molecule has 3 aromatic heterocycles. The van der Waals surface area contributed by atoms with Gasteiger partial charge in [-0.15, -0.1) is 11.3 Å². The molecule has 0 bridgehead atoms. The Bertz CT molecular complexity index is 1340. The molecule has 0 saturated heterocycles. The quantitative estimate of drug-likeness (QED) is 0.433. The summed E-state index contributed by atoms with van der Waals surface area (Å²) in [7, 11) is 1.52. The van der Waals surface area contributed by atoms with Gasteiger partial charge in [0.2, 0.25) is 5.78 Å². The molecule has 0 fully saturated rings. The van der Waals surface area contributed by atoms with Crippen LogP contribution in [0.5, 0.6) is 5.75 Å². The van der Waals surface area contributed by atoms with Crippen molar-refractivity contribution in [1.82, 2.24) is 9.88 Å². The zero-order chi connectivity index (χ0) is 22.2. The van der Waals surface area contributed by atoms with E-state index < -0.39 is 23.5 Å². The number of aromatic nitrogens is 1. The summed E-state index contributed by atoms with van der Waals surface area (Å²) in [4.78, 5) is 32.8. The van der Waals surface area contributed by atoms with Gasteiger partial charge in [0, 0.05) is 29.2 Å². The second-order valence-corrected chi connectivity index (χ2v) is 8.27. The monoisotopic (exact) mass is 446 g/mol. The van der Waals surface area contributed by atoms with Crippen LogP contribution in [0.4, 0.5) is 0 Å². The van der Waals surface area contributed by atoms with E-state index in [0.717, 1.165) is 10.4 Å². The zero-order valence-corrected chi connectivity index (χ0v) is 17.8. The van der Waals surface area contributed by atoms with Crippen molar-refractivity contribution in [2.45, 2.75) is 12.6 Å². The number of nitrogens with zero attached hydrogens (tertiary/aromatic N) is 2. The summed E-state index contributed by atoms with van der Waals surface area (Å²) in [6.07, 6.45) is 3.27. The van der Waals surface area contributed by atoms with Crippen LogP contribution >= 0.6 is 11.3 Å². The first-order chi connectivity index (χ1) is 15.6. The van der Waals surface area contributed by atoms with Crippen LogP contribution in [0.15, 0.2) is 82.1 Å². The molecule has 1 amide bonds. The number of carbonyl (C=O) groups excluding carboxylic acids is 2. The first-order valence-electron chi connectivity index (χ1n) is 9.86. The number of ether oxygens (including phenoxy) is 1. The fourth-order valence-corrected chi connectivity index (χ4v) is 4.76. The van der Waals surface area contributed by atoms with Crippen molar-refractivity contribution in [2.24, 2.45) is 0 Å². The minimum absolute atomic E-state index is 0.00419. The fourth-order valence-electron chi connectivity index (χ4n) is 3.92. The number of aliphatic hydroxyl groups is 1. The maximum Gasteiger partial charge on any atom is 0.290 e. The Labute approximate surface area is 187 Å². The molecular weight excluding hydrogens is 428 g/mol. The molecule has 4 heterocycles. The molecule has 0 radical (unpaired) electrons. The average molecular weight is 446 g/mol. The summed E-state index contributed by atoms with van der Waals surface area (Å²) >= 11 is 1.41. The minimum atomic E-state index is -0.724. The molecule has 7 nitrogen and oxygen atoms in total. The van der Waals surface area contributed by atoms with Crippen molar-refractivity contribution in [1.29, 1.82) is 0 Å². The molecule has 0 saturated carbocycles. The topological polar surface area (TPSA) is 92.9 Å². The normalized spacial score (nSPS) is 16.2. The number of benzene rings is 1. The maximum atomic E-state index is 13.5. The van der Waals surface area contributed by atoms with E-state index in [1.54, 1.807) is 48.8 Å². The molecular formula is C24H18N2O5S. The number of Topliss-reactive ketones (excluding diaryl/α,β-unsaturated/α-hetero) is 1. The molecule has 1 aromatic carbocycles. The highest BCUT2D eigenvalue weighted by molar-refractivity contribution is 7.10. The Kier molecular flexibility index (Phi) is 4.99. The van der Waals surface area contributed by atoms with E-state index in [-0.39, 0.29) is 17.9 Å². The Morgan fingerprint density at radius 2 is 2.03 bits per heavy atom. The summed E-state index contributed by atoms with van der Waals surface area (Å²) in [5.74, 6) is -1.17. The van der Waals surface area contributed by atoms with Gasteiger partial charge in [0.25, 0.3) is 5.91 Å². The van der Waals surface area contributed by atoms with Crippen molar-refractivity contribution in [3.8, 4) is 5.75 Å². The number of aliphatic hydroxyl groups excluding tert-OH is 1. The lowest BCUT2D eigenvalue weighted by Gasteiger charge is -2.25. The Hall–Kier alpha value is -3.91. The molecule has 5 rings (SSSR count). The summed E-state index contributed by atoms with van der Waals surface area (Å²) in [5.41, 5.74) is 1.28. The van der Waals surface area contributed by atoms with Crippen molar-refractivity contribution < 1.29 is 23.8 Å². The van der Waals surface area contributed by atoms with E-state index in [2.05, 4.69) is 4.98 Å². The number of carbonyl (C=O) groups is 2. The van der Waals surface area contributed by atoms with E-state index in [0.29, 0.717) is 16.7 Å². The minimum Gasteiger partial charge on any atom is -0.503 e. The van der Waals surface area contributed by atoms with Gasteiger partial charge in [0.05, 0.1) is 12.7 Å². The first kappa shape index (κ1) is 20.0. The van der Waals surface area contributed by atoms with Crippen LogP contribution in [-0.4, -0.2) is 33.8 Å². The first-order valence-corrected chi connectivity index (χ1v) is 10.7. The third kappa shape index (κ3) is 3.25. The van der Waals surface area contributed by atoms with Crippen molar-refractivity contribution in [2.75, 3.05) is 7.11 Å². The van der Waals surface area contributed by atoms with Gasteiger partial charge in [-0.2, -0.15) is 0 Å². The van der Waals surface area contributed by atoms with Crippen molar-refractivity contribution in [3.63, 3.8) is 0 Å². The van der Waals surface area contributed by atoms with Gasteiger partial charge in [-0.1, -0.05) is 18.2 Å². The number of ketones is 1. The van der Waals surface area contributed by atoms with E-state index in [4.69, 9.17) is 9.15 Å². The molecule has 1 atom stereocenters. The summed E-state index contributed by atoms with van der Waals surface area (Å²) in [6.45, 7) is 0.221. The van der Waals surface area contributed by atoms with Crippen LogP contribution in [0.3, 0.4) is 0 Å². The van der Waals surface area contributed by atoms with E-state index in [1.165, 1.54) is 23.3 Å². The van der Waals surface area contributed by atoms with E-state index >= 15 is 0 Å². The van der Waals surface area contributed by atoms with Gasteiger partial charge >= 0.3 is 0 Å². The predicted molar refractivity (Wildman–Crippen MR) is 119 cm³/mol. The number of fused-ring (bicyclic) bond motifs is 1. The number of hydrogen-bond acceptors (Lipinski definition) is 7. The number of amides is 1. The average Bonchev–Trinajstić information content (AvgIpc) is 3.54. The van der Waals surface area contributed by atoms with E-state index in [1.807, 2.05) is 17.5 Å².